The summed E-state index contributed by atoms with van der Waals surface area (Å²) in [5.41, 5.74) is -4.66. The molecule has 0 aromatic carbocycles. The van der Waals surface area contributed by atoms with E-state index >= 15 is 0 Å². The van der Waals surface area contributed by atoms with E-state index in [2.05, 4.69) is 25.5 Å². The largest absolute Gasteiger partial charge is 0.511 e. The summed E-state index contributed by atoms with van der Waals surface area (Å²) in [7, 11) is -5.23. The van der Waals surface area contributed by atoms with Gasteiger partial charge in [0.15, 0.2) is 5.65 Å². The second-order valence-electron chi connectivity index (χ2n) is 5.53. The number of H-pyrrole nitrogens is 1. The van der Waals surface area contributed by atoms with Gasteiger partial charge in [-0.05, 0) is 18.8 Å². The highest BCUT2D eigenvalue weighted by atomic mass is 32.2. The fourth-order valence-corrected chi connectivity index (χ4v) is 3.63. The molecule has 0 saturated carbocycles. The predicted molar refractivity (Wildman–Crippen MR) is 79.4 cm³/mol. The second-order valence-corrected chi connectivity index (χ2v) is 7.46. The number of fused-ring (bicyclic) bond motifs is 1. The zero-order valence-electron chi connectivity index (χ0n) is 12.4. The number of nitrogens with zero attached hydrogens (tertiary/aromatic N) is 4. The summed E-state index contributed by atoms with van der Waals surface area (Å²) in [6.07, 6.45) is 3.65. The van der Waals surface area contributed by atoms with E-state index in [4.69, 9.17) is 0 Å². The summed E-state index contributed by atoms with van der Waals surface area (Å²) in [5.74, 6) is 0.640. The molecular weight excluding hydrogens is 349 g/mol. The van der Waals surface area contributed by atoms with Crippen molar-refractivity contribution in [3.05, 3.63) is 12.5 Å². The minimum absolute atomic E-state index is 0.0570. The Labute approximate surface area is 135 Å². The molecule has 0 radical (unpaired) electrons. The van der Waals surface area contributed by atoms with E-state index < -0.39 is 15.5 Å². The first kappa shape index (κ1) is 16.9. The molecule has 1 saturated heterocycles. The number of nitrogens with one attached hydrogen (secondary N) is 2. The molecule has 8 nitrogen and oxygen atoms in total. The van der Waals surface area contributed by atoms with Gasteiger partial charge in [-0.1, -0.05) is 0 Å². The lowest BCUT2D eigenvalue weighted by atomic mass is 9.98. The Kier molecular flexibility index (Phi) is 4.34. The quantitative estimate of drug-likeness (QED) is 0.848. The number of rotatable bonds is 4. The van der Waals surface area contributed by atoms with Crippen molar-refractivity contribution in [2.45, 2.75) is 18.3 Å². The van der Waals surface area contributed by atoms with Crippen LogP contribution < -0.4 is 5.32 Å². The normalized spacial score (nSPS) is 18.1. The van der Waals surface area contributed by atoms with Crippen LogP contribution in [0, 0.1) is 5.92 Å². The summed E-state index contributed by atoms with van der Waals surface area (Å²) in [4.78, 5) is 8.12. The summed E-state index contributed by atoms with van der Waals surface area (Å²) in [5, 5.41) is 10.4. The molecule has 24 heavy (non-hydrogen) atoms. The molecule has 1 fully saturated rings. The molecular formula is C12H15F3N6O2S. The van der Waals surface area contributed by atoms with Gasteiger partial charge in [-0.3, -0.25) is 5.10 Å². The maximum Gasteiger partial charge on any atom is 0.511 e. The van der Waals surface area contributed by atoms with Crippen LogP contribution in [0.5, 0.6) is 0 Å². The Hall–Kier alpha value is -1.95. The van der Waals surface area contributed by atoms with Crippen LogP contribution in [0.4, 0.5) is 19.0 Å². The fourth-order valence-electron chi connectivity index (χ4n) is 2.65. The van der Waals surface area contributed by atoms with Gasteiger partial charge in [0.25, 0.3) is 0 Å². The van der Waals surface area contributed by atoms with E-state index in [0.29, 0.717) is 35.2 Å². The molecule has 0 unspecified atom stereocenters. The lowest BCUT2D eigenvalue weighted by Gasteiger charge is -2.31. The lowest BCUT2D eigenvalue weighted by Crippen LogP contribution is -2.45. The van der Waals surface area contributed by atoms with E-state index in [0.717, 1.165) is 5.39 Å². The Morgan fingerprint density at radius 1 is 1.29 bits per heavy atom. The van der Waals surface area contributed by atoms with E-state index in [1.807, 2.05) is 0 Å². The van der Waals surface area contributed by atoms with Crippen molar-refractivity contribution in [2.75, 3.05) is 25.0 Å². The van der Waals surface area contributed by atoms with Crippen molar-refractivity contribution >= 4 is 26.9 Å². The minimum Gasteiger partial charge on any atom is -0.369 e. The Bertz CT molecular complexity index is 814. The number of alkyl halides is 3. The molecule has 0 amide bonds. The minimum atomic E-state index is -5.24. The average molecular weight is 364 g/mol. The fraction of sp³-hybridized carbons (Fsp3) is 0.583. The summed E-state index contributed by atoms with van der Waals surface area (Å²) in [6.45, 7) is 0.204. The standard InChI is InChI=1S/C12H15F3N6O2S/c13-12(14,15)24(22,23)21-3-1-8(2-4-21)5-16-10-9-6-19-20-11(9)18-7-17-10/h6-8H,1-5H2,(H2,16,17,18,19,20). The average Bonchev–Trinajstić information content (AvgIpc) is 3.01. The molecule has 1 aliphatic rings. The maximum atomic E-state index is 12.5. The third-order valence-corrected chi connectivity index (χ3v) is 5.64. The Morgan fingerprint density at radius 3 is 2.67 bits per heavy atom. The predicted octanol–water partition coefficient (Wildman–Crippen LogP) is 1.33. The molecule has 0 atom stereocenters. The zero-order chi connectivity index (χ0) is 17.4. The maximum absolute atomic E-state index is 12.5. The molecule has 1 aliphatic heterocycles. The van der Waals surface area contributed by atoms with Crippen molar-refractivity contribution in [3.8, 4) is 0 Å². The SMILES string of the molecule is O=S(=O)(N1CCC(CNc2ncnc3[nH]ncc23)CC1)C(F)(F)F. The first-order valence-electron chi connectivity index (χ1n) is 7.23. The molecule has 0 spiro atoms. The number of aromatic nitrogens is 4. The molecule has 2 N–H and O–H groups in total. The smallest absolute Gasteiger partial charge is 0.369 e. The molecule has 132 valence electrons. The van der Waals surface area contributed by atoms with Crippen LogP contribution in [-0.2, 0) is 10.0 Å². The van der Waals surface area contributed by atoms with Crippen LogP contribution in [0.3, 0.4) is 0 Å². The molecule has 3 rings (SSSR count). The van der Waals surface area contributed by atoms with E-state index in [1.165, 1.54) is 6.33 Å². The van der Waals surface area contributed by atoms with Gasteiger partial charge in [-0.25, -0.2) is 18.4 Å². The number of hydrogen-bond donors (Lipinski definition) is 2. The highest BCUT2D eigenvalue weighted by Crippen LogP contribution is 2.30. The number of hydrogen-bond acceptors (Lipinski definition) is 6. The lowest BCUT2D eigenvalue weighted by molar-refractivity contribution is -0.0496. The molecule has 3 heterocycles. The van der Waals surface area contributed by atoms with E-state index in [9.17, 15) is 21.6 Å². The third-order valence-electron chi connectivity index (χ3n) is 4.01. The van der Waals surface area contributed by atoms with Gasteiger partial charge in [0, 0.05) is 19.6 Å². The summed E-state index contributed by atoms with van der Waals surface area (Å²) >= 11 is 0. The van der Waals surface area contributed by atoms with Crippen molar-refractivity contribution in [2.24, 2.45) is 5.92 Å². The van der Waals surface area contributed by atoms with Crippen LogP contribution in [0.25, 0.3) is 11.0 Å². The van der Waals surface area contributed by atoms with Crippen LogP contribution >= 0.6 is 0 Å². The van der Waals surface area contributed by atoms with Crippen LogP contribution in [-0.4, -0.2) is 58.0 Å². The van der Waals surface area contributed by atoms with Crippen molar-refractivity contribution in [3.63, 3.8) is 0 Å². The highest BCUT2D eigenvalue weighted by molar-refractivity contribution is 7.90. The monoisotopic (exact) mass is 364 g/mol. The van der Waals surface area contributed by atoms with Crippen molar-refractivity contribution in [1.82, 2.24) is 24.5 Å². The van der Waals surface area contributed by atoms with Gasteiger partial charge >= 0.3 is 15.5 Å². The number of sulfonamides is 1. The zero-order valence-corrected chi connectivity index (χ0v) is 13.2. The molecule has 2 aromatic heterocycles. The van der Waals surface area contributed by atoms with Crippen LogP contribution in [0.15, 0.2) is 12.5 Å². The molecule has 12 heteroatoms. The van der Waals surface area contributed by atoms with E-state index in [-0.39, 0.29) is 19.0 Å². The molecule has 0 bridgehead atoms. The van der Waals surface area contributed by atoms with Gasteiger partial charge < -0.3 is 5.32 Å². The Balaban J connectivity index is 1.58. The van der Waals surface area contributed by atoms with Crippen LogP contribution in [0.2, 0.25) is 0 Å². The third kappa shape index (κ3) is 3.15. The number of anilines is 1. The highest BCUT2D eigenvalue weighted by Gasteiger charge is 2.50. The number of piperidine rings is 1. The summed E-state index contributed by atoms with van der Waals surface area (Å²) < 4.78 is 60.8. The van der Waals surface area contributed by atoms with Crippen molar-refractivity contribution < 1.29 is 21.6 Å². The second kappa shape index (κ2) is 6.16. The first-order chi connectivity index (χ1) is 11.3. The van der Waals surface area contributed by atoms with Gasteiger partial charge in [-0.15, -0.1) is 0 Å². The molecule has 2 aromatic rings. The number of halogens is 3. The molecule has 0 aliphatic carbocycles. The number of aromatic amines is 1. The summed E-state index contributed by atoms with van der Waals surface area (Å²) in [6, 6.07) is 0. The van der Waals surface area contributed by atoms with Gasteiger partial charge in [0.05, 0.1) is 11.6 Å². The topological polar surface area (TPSA) is 104 Å². The van der Waals surface area contributed by atoms with Crippen molar-refractivity contribution in [1.29, 1.82) is 0 Å². The van der Waals surface area contributed by atoms with Gasteiger partial charge in [0.1, 0.15) is 12.1 Å². The van der Waals surface area contributed by atoms with Gasteiger partial charge in [0.2, 0.25) is 0 Å². The first-order valence-corrected chi connectivity index (χ1v) is 8.67. The Morgan fingerprint density at radius 2 is 2.00 bits per heavy atom. The van der Waals surface area contributed by atoms with Gasteiger partial charge in [-0.2, -0.15) is 22.6 Å². The van der Waals surface area contributed by atoms with E-state index in [1.54, 1.807) is 6.20 Å². The van der Waals surface area contributed by atoms with Crippen LogP contribution in [0.1, 0.15) is 12.8 Å².